The molecular formula is C19H24N2O3. The van der Waals surface area contributed by atoms with Crippen LogP contribution < -0.4 is 0 Å². The SMILES string of the molecule is CC1CCN(C(=O)C(C(C)C)N2C(=O)c3ccccc3C2=O)CC1. The summed E-state index contributed by atoms with van der Waals surface area (Å²) in [5, 5.41) is 0. The Labute approximate surface area is 142 Å². The van der Waals surface area contributed by atoms with Crippen LogP contribution in [0.5, 0.6) is 0 Å². The molecule has 5 heteroatoms. The minimum absolute atomic E-state index is 0.105. The standard InChI is InChI=1S/C19H24N2O3/c1-12(2)16(19(24)20-10-8-13(3)9-11-20)21-17(22)14-6-4-5-7-15(14)18(21)23/h4-7,12-13,16H,8-11H2,1-3H3. The van der Waals surface area contributed by atoms with E-state index in [4.69, 9.17) is 0 Å². The molecule has 1 aromatic carbocycles. The first-order valence-corrected chi connectivity index (χ1v) is 8.67. The Hall–Kier alpha value is -2.17. The van der Waals surface area contributed by atoms with Crippen LogP contribution >= 0.6 is 0 Å². The summed E-state index contributed by atoms with van der Waals surface area (Å²) in [4.78, 5) is 41.5. The molecule has 24 heavy (non-hydrogen) atoms. The molecule has 1 atom stereocenters. The first kappa shape index (κ1) is 16.7. The molecular weight excluding hydrogens is 304 g/mol. The second kappa shape index (κ2) is 6.38. The van der Waals surface area contributed by atoms with Crippen LogP contribution in [0.2, 0.25) is 0 Å². The fourth-order valence-electron chi connectivity index (χ4n) is 3.57. The predicted octanol–water partition coefficient (Wildman–Crippen LogP) is 2.57. The summed E-state index contributed by atoms with van der Waals surface area (Å²) in [6.07, 6.45) is 1.94. The van der Waals surface area contributed by atoms with Crippen molar-refractivity contribution in [3.8, 4) is 0 Å². The molecule has 1 saturated heterocycles. The molecule has 1 unspecified atom stereocenters. The molecule has 0 radical (unpaired) electrons. The summed E-state index contributed by atoms with van der Waals surface area (Å²) >= 11 is 0. The molecule has 0 spiro atoms. The molecule has 3 amide bonds. The number of likely N-dealkylation sites (tertiary alicyclic amines) is 1. The van der Waals surface area contributed by atoms with Gasteiger partial charge in [-0.1, -0.05) is 32.9 Å². The van der Waals surface area contributed by atoms with Crippen molar-refractivity contribution >= 4 is 17.7 Å². The lowest BCUT2D eigenvalue weighted by atomic mass is 9.96. The maximum absolute atomic E-state index is 13.1. The number of rotatable bonds is 3. The van der Waals surface area contributed by atoms with E-state index in [1.165, 1.54) is 4.90 Å². The van der Waals surface area contributed by atoms with Gasteiger partial charge in [0.2, 0.25) is 5.91 Å². The summed E-state index contributed by atoms with van der Waals surface area (Å²) in [7, 11) is 0. The van der Waals surface area contributed by atoms with Crippen molar-refractivity contribution in [2.75, 3.05) is 13.1 Å². The third-order valence-corrected chi connectivity index (χ3v) is 5.08. The van der Waals surface area contributed by atoms with Crippen molar-refractivity contribution in [3.05, 3.63) is 35.4 Å². The van der Waals surface area contributed by atoms with Crippen molar-refractivity contribution in [1.29, 1.82) is 0 Å². The van der Waals surface area contributed by atoms with Crippen LogP contribution in [0.4, 0.5) is 0 Å². The Morgan fingerprint density at radius 2 is 1.54 bits per heavy atom. The fourth-order valence-corrected chi connectivity index (χ4v) is 3.57. The highest BCUT2D eigenvalue weighted by Crippen LogP contribution is 2.29. The van der Waals surface area contributed by atoms with E-state index in [1.54, 1.807) is 24.3 Å². The number of carbonyl (C=O) groups is 3. The second-order valence-electron chi connectivity index (χ2n) is 7.22. The van der Waals surface area contributed by atoms with E-state index in [0.29, 0.717) is 30.1 Å². The summed E-state index contributed by atoms with van der Waals surface area (Å²) in [5.41, 5.74) is 0.793. The number of hydrogen-bond acceptors (Lipinski definition) is 3. The maximum Gasteiger partial charge on any atom is 0.262 e. The van der Waals surface area contributed by atoms with Gasteiger partial charge in [0.15, 0.2) is 0 Å². The number of piperidine rings is 1. The lowest BCUT2D eigenvalue weighted by molar-refractivity contribution is -0.138. The Balaban J connectivity index is 1.88. The van der Waals surface area contributed by atoms with Crippen LogP contribution in [-0.4, -0.2) is 46.7 Å². The van der Waals surface area contributed by atoms with Gasteiger partial charge in [0.25, 0.3) is 11.8 Å². The monoisotopic (exact) mass is 328 g/mol. The number of benzene rings is 1. The van der Waals surface area contributed by atoms with Crippen molar-refractivity contribution in [2.45, 2.75) is 39.7 Å². The molecule has 2 heterocycles. The lowest BCUT2D eigenvalue weighted by Gasteiger charge is -2.36. The molecule has 0 aromatic heterocycles. The van der Waals surface area contributed by atoms with Crippen molar-refractivity contribution < 1.29 is 14.4 Å². The van der Waals surface area contributed by atoms with E-state index in [-0.39, 0.29) is 23.6 Å². The summed E-state index contributed by atoms with van der Waals surface area (Å²) < 4.78 is 0. The van der Waals surface area contributed by atoms with E-state index < -0.39 is 6.04 Å². The maximum atomic E-state index is 13.1. The minimum atomic E-state index is -0.731. The van der Waals surface area contributed by atoms with E-state index >= 15 is 0 Å². The van der Waals surface area contributed by atoms with Gasteiger partial charge in [-0.25, -0.2) is 0 Å². The lowest BCUT2D eigenvalue weighted by Crippen LogP contribution is -2.54. The van der Waals surface area contributed by atoms with E-state index in [9.17, 15) is 14.4 Å². The van der Waals surface area contributed by atoms with Crippen LogP contribution in [0.15, 0.2) is 24.3 Å². The van der Waals surface area contributed by atoms with Crippen molar-refractivity contribution in [1.82, 2.24) is 9.80 Å². The van der Waals surface area contributed by atoms with Gasteiger partial charge in [-0.15, -0.1) is 0 Å². The number of nitrogens with zero attached hydrogens (tertiary/aromatic N) is 2. The Bertz CT molecular complexity index is 640. The number of amides is 3. The molecule has 1 fully saturated rings. The topological polar surface area (TPSA) is 57.7 Å². The van der Waals surface area contributed by atoms with Gasteiger partial charge in [0, 0.05) is 13.1 Å². The van der Waals surface area contributed by atoms with Crippen molar-refractivity contribution in [2.24, 2.45) is 11.8 Å². The minimum Gasteiger partial charge on any atom is -0.341 e. The first-order chi connectivity index (χ1) is 11.4. The molecule has 5 nitrogen and oxygen atoms in total. The number of imide groups is 1. The third kappa shape index (κ3) is 2.72. The van der Waals surface area contributed by atoms with Gasteiger partial charge in [0.1, 0.15) is 6.04 Å². The molecule has 0 saturated carbocycles. The normalized spacial score (nSPS) is 19.8. The zero-order chi connectivity index (χ0) is 17.4. The van der Waals surface area contributed by atoms with E-state index in [2.05, 4.69) is 6.92 Å². The number of carbonyl (C=O) groups excluding carboxylic acids is 3. The first-order valence-electron chi connectivity index (χ1n) is 8.67. The highest BCUT2D eigenvalue weighted by Gasteiger charge is 2.45. The van der Waals surface area contributed by atoms with Crippen LogP contribution in [0, 0.1) is 11.8 Å². The molecule has 0 N–H and O–H groups in total. The zero-order valence-corrected chi connectivity index (χ0v) is 14.5. The quantitative estimate of drug-likeness (QED) is 0.801. The highest BCUT2D eigenvalue weighted by molar-refractivity contribution is 6.22. The number of hydrogen-bond donors (Lipinski definition) is 0. The average Bonchev–Trinajstić information content (AvgIpc) is 2.81. The molecule has 1 aromatic rings. The van der Waals surface area contributed by atoms with Gasteiger partial charge in [0.05, 0.1) is 11.1 Å². The Morgan fingerprint density at radius 1 is 1.04 bits per heavy atom. The molecule has 2 aliphatic heterocycles. The molecule has 128 valence electrons. The van der Waals surface area contributed by atoms with Gasteiger partial charge in [-0.2, -0.15) is 0 Å². The average molecular weight is 328 g/mol. The van der Waals surface area contributed by atoms with Crippen LogP contribution in [-0.2, 0) is 4.79 Å². The zero-order valence-electron chi connectivity index (χ0n) is 14.5. The Kier molecular flexibility index (Phi) is 4.43. The molecule has 3 rings (SSSR count). The summed E-state index contributed by atoms with van der Waals surface area (Å²) in [6, 6.07) is 6.06. The van der Waals surface area contributed by atoms with Gasteiger partial charge >= 0.3 is 0 Å². The van der Waals surface area contributed by atoms with E-state index in [0.717, 1.165) is 12.8 Å². The Morgan fingerprint density at radius 3 is 2.00 bits per heavy atom. The van der Waals surface area contributed by atoms with E-state index in [1.807, 2.05) is 18.7 Å². The number of fused-ring (bicyclic) bond motifs is 1. The second-order valence-corrected chi connectivity index (χ2v) is 7.22. The van der Waals surface area contributed by atoms with Crippen LogP contribution in [0.1, 0.15) is 54.3 Å². The van der Waals surface area contributed by atoms with Gasteiger partial charge < -0.3 is 4.90 Å². The molecule has 0 aliphatic carbocycles. The fraction of sp³-hybridized carbons (Fsp3) is 0.526. The van der Waals surface area contributed by atoms with Crippen LogP contribution in [0.3, 0.4) is 0 Å². The van der Waals surface area contributed by atoms with Gasteiger partial charge in [-0.3, -0.25) is 19.3 Å². The predicted molar refractivity (Wildman–Crippen MR) is 90.5 cm³/mol. The van der Waals surface area contributed by atoms with Gasteiger partial charge in [-0.05, 0) is 36.8 Å². The highest BCUT2D eigenvalue weighted by atomic mass is 16.2. The molecule has 2 aliphatic rings. The smallest absolute Gasteiger partial charge is 0.262 e. The third-order valence-electron chi connectivity index (χ3n) is 5.08. The van der Waals surface area contributed by atoms with Crippen molar-refractivity contribution in [3.63, 3.8) is 0 Å². The van der Waals surface area contributed by atoms with Crippen LogP contribution in [0.25, 0.3) is 0 Å². The largest absolute Gasteiger partial charge is 0.341 e. The summed E-state index contributed by atoms with van der Waals surface area (Å²) in [6.45, 7) is 7.36. The summed E-state index contributed by atoms with van der Waals surface area (Å²) in [5.74, 6) is -0.322. The molecule has 0 bridgehead atoms.